The molecule has 2 nitrogen and oxygen atoms in total. The van der Waals surface area contributed by atoms with E-state index in [1.165, 1.54) is 6.07 Å². The Bertz CT molecular complexity index is 590. The van der Waals surface area contributed by atoms with Gasteiger partial charge in [-0.1, -0.05) is 12.1 Å². The van der Waals surface area contributed by atoms with Gasteiger partial charge in [-0.05, 0) is 51.3 Å². The molecule has 19 heavy (non-hydrogen) atoms. The smallest absolute Gasteiger partial charge is 0.159 e. The SMILES string of the molecule is NCc1ccc(OCc2ccc(F)c(F)c2)c(Br)c1. The Balaban J connectivity index is 2.07. The first-order chi connectivity index (χ1) is 9.10. The first-order valence-corrected chi connectivity index (χ1v) is 6.44. The maximum atomic E-state index is 13.0. The molecule has 0 unspecified atom stereocenters. The van der Waals surface area contributed by atoms with Crippen LogP contribution in [-0.4, -0.2) is 0 Å². The summed E-state index contributed by atoms with van der Waals surface area (Å²) >= 11 is 3.37. The van der Waals surface area contributed by atoms with Crippen molar-refractivity contribution in [2.75, 3.05) is 0 Å². The second kappa shape index (κ2) is 6.12. The summed E-state index contributed by atoms with van der Waals surface area (Å²) in [7, 11) is 0. The summed E-state index contributed by atoms with van der Waals surface area (Å²) in [4.78, 5) is 0. The molecule has 2 aromatic rings. The van der Waals surface area contributed by atoms with Crippen LogP contribution in [0.4, 0.5) is 8.78 Å². The average molecular weight is 328 g/mol. The molecule has 0 aromatic heterocycles. The number of nitrogens with two attached hydrogens (primary N) is 1. The van der Waals surface area contributed by atoms with Gasteiger partial charge in [0.2, 0.25) is 0 Å². The van der Waals surface area contributed by atoms with E-state index in [1.807, 2.05) is 12.1 Å². The normalized spacial score (nSPS) is 10.5. The van der Waals surface area contributed by atoms with Crippen molar-refractivity contribution in [2.24, 2.45) is 5.73 Å². The summed E-state index contributed by atoms with van der Waals surface area (Å²) in [6.07, 6.45) is 0. The molecule has 100 valence electrons. The lowest BCUT2D eigenvalue weighted by Crippen LogP contribution is -1.99. The van der Waals surface area contributed by atoms with Crippen molar-refractivity contribution < 1.29 is 13.5 Å². The molecule has 0 aliphatic heterocycles. The lowest BCUT2D eigenvalue weighted by atomic mass is 10.2. The van der Waals surface area contributed by atoms with E-state index in [4.69, 9.17) is 10.5 Å². The molecule has 0 saturated carbocycles. The van der Waals surface area contributed by atoms with Crippen molar-refractivity contribution in [2.45, 2.75) is 13.2 Å². The van der Waals surface area contributed by atoms with Crippen LogP contribution in [0.25, 0.3) is 0 Å². The third-order valence-corrected chi connectivity index (χ3v) is 3.23. The number of ether oxygens (including phenoxy) is 1. The molecule has 0 saturated heterocycles. The third-order valence-electron chi connectivity index (χ3n) is 2.61. The van der Waals surface area contributed by atoms with Gasteiger partial charge in [-0.3, -0.25) is 0 Å². The molecule has 0 fully saturated rings. The van der Waals surface area contributed by atoms with Gasteiger partial charge in [-0.15, -0.1) is 0 Å². The summed E-state index contributed by atoms with van der Waals surface area (Å²) < 4.78 is 32.1. The Hall–Kier alpha value is -1.46. The number of hydrogen-bond donors (Lipinski definition) is 1. The molecular weight excluding hydrogens is 316 g/mol. The molecule has 0 bridgehead atoms. The van der Waals surface area contributed by atoms with E-state index in [-0.39, 0.29) is 6.61 Å². The van der Waals surface area contributed by atoms with Gasteiger partial charge in [-0.25, -0.2) is 8.78 Å². The molecule has 2 aromatic carbocycles. The summed E-state index contributed by atoms with van der Waals surface area (Å²) in [5.74, 6) is -1.11. The molecule has 5 heteroatoms. The highest BCUT2D eigenvalue weighted by molar-refractivity contribution is 9.10. The Morgan fingerprint density at radius 2 is 1.74 bits per heavy atom. The van der Waals surface area contributed by atoms with Crippen LogP contribution in [0.2, 0.25) is 0 Å². The van der Waals surface area contributed by atoms with Gasteiger partial charge in [-0.2, -0.15) is 0 Å². The highest BCUT2D eigenvalue weighted by Gasteiger charge is 2.05. The Labute approximate surface area is 118 Å². The van der Waals surface area contributed by atoms with Gasteiger partial charge in [0.1, 0.15) is 12.4 Å². The van der Waals surface area contributed by atoms with Gasteiger partial charge in [0.15, 0.2) is 11.6 Å². The van der Waals surface area contributed by atoms with Gasteiger partial charge in [0.25, 0.3) is 0 Å². The van der Waals surface area contributed by atoms with Gasteiger partial charge in [0.05, 0.1) is 4.47 Å². The number of rotatable bonds is 4. The summed E-state index contributed by atoms with van der Waals surface area (Å²) in [6.45, 7) is 0.611. The van der Waals surface area contributed by atoms with Gasteiger partial charge < -0.3 is 10.5 Å². The number of benzene rings is 2. The summed E-state index contributed by atoms with van der Waals surface area (Å²) in [5.41, 5.74) is 7.07. The van der Waals surface area contributed by atoms with Crippen LogP contribution in [0.3, 0.4) is 0 Å². The predicted octanol–water partition coefficient (Wildman–Crippen LogP) is 3.77. The molecule has 0 aliphatic carbocycles. The molecule has 0 amide bonds. The fraction of sp³-hybridized carbons (Fsp3) is 0.143. The van der Waals surface area contributed by atoms with Crippen molar-refractivity contribution in [3.63, 3.8) is 0 Å². The topological polar surface area (TPSA) is 35.2 Å². The quantitative estimate of drug-likeness (QED) is 0.927. The van der Waals surface area contributed by atoms with E-state index < -0.39 is 11.6 Å². The highest BCUT2D eigenvalue weighted by atomic mass is 79.9. The Kier molecular flexibility index (Phi) is 4.50. The maximum Gasteiger partial charge on any atom is 0.159 e. The molecule has 0 aliphatic rings. The molecule has 0 atom stereocenters. The highest BCUT2D eigenvalue weighted by Crippen LogP contribution is 2.26. The van der Waals surface area contributed by atoms with Gasteiger partial charge >= 0.3 is 0 Å². The van der Waals surface area contributed by atoms with E-state index in [0.29, 0.717) is 17.9 Å². The number of halogens is 3. The lowest BCUT2D eigenvalue weighted by molar-refractivity contribution is 0.303. The Morgan fingerprint density at radius 1 is 1.00 bits per heavy atom. The van der Waals surface area contributed by atoms with Crippen LogP contribution >= 0.6 is 15.9 Å². The average Bonchev–Trinajstić information content (AvgIpc) is 2.41. The minimum atomic E-state index is -0.876. The predicted molar refractivity (Wildman–Crippen MR) is 72.7 cm³/mol. The van der Waals surface area contributed by atoms with E-state index in [2.05, 4.69) is 15.9 Å². The number of hydrogen-bond acceptors (Lipinski definition) is 2. The minimum absolute atomic E-state index is 0.164. The second-order valence-electron chi connectivity index (χ2n) is 4.01. The van der Waals surface area contributed by atoms with Gasteiger partial charge in [0, 0.05) is 6.54 Å². The zero-order valence-electron chi connectivity index (χ0n) is 10.00. The molecule has 0 spiro atoms. The second-order valence-corrected chi connectivity index (χ2v) is 4.86. The summed E-state index contributed by atoms with van der Waals surface area (Å²) in [6, 6.07) is 9.19. The van der Waals surface area contributed by atoms with Crippen LogP contribution in [-0.2, 0) is 13.2 Å². The zero-order valence-corrected chi connectivity index (χ0v) is 11.6. The fourth-order valence-corrected chi connectivity index (χ4v) is 2.12. The molecule has 0 radical (unpaired) electrons. The van der Waals surface area contributed by atoms with Crippen LogP contribution in [0.15, 0.2) is 40.9 Å². The minimum Gasteiger partial charge on any atom is -0.488 e. The van der Waals surface area contributed by atoms with E-state index in [0.717, 1.165) is 22.2 Å². The summed E-state index contributed by atoms with van der Waals surface area (Å²) in [5, 5.41) is 0. The first-order valence-electron chi connectivity index (χ1n) is 5.65. The first kappa shape index (κ1) is 14.0. The molecular formula is C14H12BrF2NO. The van der Waals surface area contributed by atoms with Crippen LogP contribution in [0.5, 0.6) is 5.75 Å². The van der Waals surface area contributed by atoms with Crippen molar-refractivity contribution in [3.8, 4) is 5.75 Å². The van der Waals surface area contributed by atoms with Crippen molar-refractivity contribution >= 4 is 15.9 Å². The molecule has 2 N–H and O–H groups in total. The maximum absolute atomic E-state index is 13.0. The largest absolute Gasteiger partial charge is 0.488 e. The van der Waals surface area contributed by atoms with Crippen molar-refractivity contribution in [1.29, 1.82) is 0 Å². The fourth-order valence-electron chi connectivity index (χ4n) is 1.58. The third kappa shape index (κ3) is 3.52. The lowest BCUT2D eigenvalue weighted by Gasteiger charge is -2.09. The van der Waals surface area contributed by atoms with Crippen LogP contribution in [0, 0.1) is 11.6 Å². The zero-order chi connectivity index (χ0) is 13.8. The van der Waals surface area contributed by atoms with Crippen molar-refractivity contribution in [1.82, 2.24) is 0 Å². The molecule has 0 heterocycles. The van der Waals surface area contributed by atoms with E-state index in [9.17, 15) is 8.78 Å². The van der Waals surface area contributed by atoms with Crippen LogP contribution < -0.4 is 10.5 Å². The monoisotopic (exact) mass is 327 g/mol. The van der Waals surface area contributed by atoms with E-state index in [1.54, 1.807) is 6.07 Å². The van der Waals surface area contributed by atoms with E-state index >= 15 is 0 Å². The van der Waals surface area contributed by atoms with Crippen molar-refractivity contribution in [3.05, 3.63) is 63.6 Å². The van der Waals surface area contributed by atoms with Crippen LogP contribution in [0.1, 0.15) is 11.1 Å². The Morgan fingerprint density at radius 3 is 2.37 bits per heavy atom. The standard InChI is InChI=1S/C14H12BrF2NO/c15-11-5-9(7-18)2-4-14(11)19-8-10-1-3-12(16)13(17)6-10/h1-6H,7-8,18H2. The molecule has 2 rings (SSSR count).